The van der Waals surface area contributed by atoms with E-state index in [1.165, 1.54) is 17.3 Å². The molecule has 2 aromatic heterocycles. The number of sulfone groups is 1. The first kappa shape index (κ1) is 16.4. The predicted molar refractivity (Wildman–Crippen MR) is 85.7 cm³/mol. The van der Waals surface area contributed by atoms with Crippen molar-refractivity contribution in [1.29, 1.82) is 0 Å². The first-order valence-corrected chi connectivity index (χ1v) is 9.16. The van der Waals surface area contributed by atoms with E-state index >= 15 is 0 Å². The van der Waals surface area contributed by atoms with Crippen LogP contribution in [0.2, 0.25) is 0 Å². The summed E-state index contributed by atoms with van der Waals surface area (Å²) in [4.78, 5) is 22.0. The molecule has 1 N–H and O–H groups in total. The molecule has 0 saturated carbocycles. The number of nitrogens with one attached hydrogen (secondary N) is 1. The SMILES string of the molecule is Cc1cc(Nc2cc(C(=O)N(C)C3CCS(=O)(=O)C3)ncn2)no1. The van der Waals surface area contributed by atoms with Crippen molar-refractivity contribution in [1.82, 2.24) is 20.0 Å². The smallest absolute Gasteiger partial charge is 0.272 e. The van der Waals surface area contributed by atoms with Gasteiger partial charge < -0.3 is 14.7 Å². The first-order chi connectivity index (χ1) is 11.3. The zero-order chi connectivity index (χ0) is 17.3. The van der Waals surface area contributed by atoms with E-state index in [1.54, 1.807) is 20.0 Å². The van der Waals surface area contributed by atoms with Crippen molar-refractivity contribution in [2.45, 2.75) is 19.4 Å². The molecule has 1 aliphatic rings. The fraction of sp³-hybridized carbons (Fsp3) is 0.429. The Labute approximate surface area is 139 Å². The lowest BCUT2D eigenvalue weighted by Crippen LogP contribution is -2.38. The molecule has 10 heteroatoms. The number of hydrogen-bond acceptors (Lipinski definition) is 8. The van der Waals surface area contributed by atoms with Crippen molar-refractivity contribution >= 4 is 27.4 Å². The van der Waals surface area contributed by atoms with Gasteiger partial charge in [0.05, 0.1) is 11.5 Å². The van der Waals surface area contributed by atoms with Gasteiger partial charge in [-0.1, -0.05) is 5.16 Å². The average molecular weight is 351 g/mol. The van der Waals surface area contributed by atoms with Crippen molar-refractivity contribution in [3.05, 3.63) is 29.9 Å². The van der Waals surface area contributed by atoms with Gasteiger partial charge in [0.25, 0.3) is 5.91 Å². The summed E-state index contributed by atoms with van der Waals surface area (Å²) in [6, 6.07) is 2.86. The topological polar surface area (TPSA) is 118 Å². The van der Waals surface area contributed by atoms with Gasteiger partial charge in [0.1, 0.15) is 23.6 Å². The van der Waals surface area contributed by atoms with Crippen molar-refractivity contribution in [3.8, 4) is 0 Å². The van der Waals surface area contributed by atoms with Gasteiger partial charge >= 0.3 is 0 Å². The number of aromatic nitrogens is 3. The van der Waals surface area contributed by atoms with Crippen LogP contribution in [0.25, 0.3) is 0 Å². The number of carbonyl (C=O) groups is 1. The third-order valence-electron chi connectivity index (χ3n) is 3.85. The van der Waals surface area contributed by atoms with Gasteiger partial charge in [0, 0.05) is 25.2 Å². The van der Waals surface area contributed by atoms with E-state index in [2.05, 4.69) is 20.4 Å². The van der Waals surface area contributed by atoms with Crippen LogP contribution in [0.4, 0.5) is 11.6 Å². The third kappa shape index (κ3) is 3.53. The molecule has 0 bridgehead atoms. The minimum atomic E-state index is -3.06. The summed E-state index contributed by atoms with van der Waals surface area (Å²) >= 11 is 0. The molecule has 1 fully saturated rings. The first-order valence-electron chi connectivity index (χ1n) is 7.34. The molecular weight excluding hydrogens is 334 g/mol. The summed E-state index contributed by atoms with van der Waals surface area (Å²) in [7, 11) is -1.47. The number of rotatable bonds is 4. The summed E-state index contributed by atoms with van der Waals surface area (Å²) in [5.74, 6) is 1.26. The predicted octanol–water partition coefficient (Wildman–Crippen LogP) is 0.776. The van der Waals surface area contributed by atoms with Gasteiger partial charge in [-0.15, -0.1) is 0 Å². The second-order valence-corrected chi connectivity index (χ2v) is 7.94. The average Bonchev–Trinajstić information content (AvgIpc) is 3.11. The highest BCUT2D eigenvalue weighted by Gasteiger charge is 2.33. The maximum Gasteiger partial charge on any atom is 0.272 e. The summed E-state index contributed by atoms with van der Waals surface area (Å²) in [6.45, 7) is 1.76. The molecule has 1 aliphatic heterocycles. The van der Waals surface area contributed by atoms with Gasteiger partial charge in [0.2, 0.25) is 0 Å². The summed E-state index contributed by atoms with van der Waals surface area (Å²) in [6.07, 6.45) is 1.71. The van der Waals surface area contributed by atoms with Gasteiger partial charge in [-0.2, -0.15) is 0 Å². The molecule has 9 nitrogen and oxygen atoms in total. The summed E-state index contributed by atoms with van der Waals surface area (Å²) in [5.41, 5.74) is 0.180. The van der Waals surface area contributed by atoms with Crippen LogP contribution < -0.4 is 5.32 Å². The monoisotopic (exact) mass is 351 g/mol. The van der Waals surface area contributed by atoms with Crippen LogP contribution in [0, 0.1) is 6.92 Å². The van der Waals surface area contributed by atoms with E-state index in [-0.39, 0.29) is 29.1 Å². The minimum Gasteiger partial charge on any atom is -0.360 e. The largest absolute Gasteiger partial charge is 0.360 e. The minimum absolute atomic E-state index is 0.0103. The Kier molecular flexibility index (Phi) is 4.22. The highest BCUT2D eigenvalue weighted by molar-refractivity contribution is 7.91. The van der Waals surface area contributed by atoms with E-state index in [0.717, 1.165) is 0 Å². The molecule has 2 aromatic rings. The van der Waals surface area contributed by atoms with Crippen LogP contribution in [0.5, 0.6) is 0 Å². The Morgan fingerprint density at radius 1 is 1.33 bits per heavy atom. The molecule has 1 amide bonds. The molecule has 1 saturated heterocycles. The molecule has 0 radical (unpaired) electrons. The van der Waals surface area contributed by atoms with Crippen LogP contribution in [0.15, 0.2) is 23.0 Å². The van der Waals surface area contributed by atoms with Crippen molar-refractivity contribution in [2.75, 3.05) is 23.9 Å². The maximum absolute atomic E-state index is 12.5. The number of anilines is 2. The standard InChI is InChI=1S/C14H17N5O4S/c1-9-5-13(18-23-9)17-12-6-11(15-8-16-12)14(20)19(2)10-3-4-24(21,22)7-10/h5-6,8,10H,3-4,7H2,1-2H3,(H,15,16,17,18). The molecule has 24 heavy (non-hydrogen) atoms. The molecular formula is C14H17N5O4S. The van der Waals surface area contributed by atoms with E-state index in [9.17, 15) is 13.2 Å². The number of hydrogen-bond donors (Lipinski definition) is 1. The van der Waals surface area contributed by atoms with Gasteiger partial charge in [0.15, 0.2) is 15.7 Å². The molecule has 3 rings (SSSR count). The van der Waals surface area contributed by atoms with E-state index in [4.69, 9.17) is 4.52 Å². The van der Waals surface area contributed by atoms with Crippen LogP contribution in [0.3, 0.4) is 0 Å². The second kappa shape index (κ2) is 6.19. The molecule has 0 aliphatic carbocycles. The Morgan fingerprint density at radius 3 is 2.75 bits per heavy atom. The third-order valence-corrected chi connectivity index (χ3v) is 5.60. The second-order valence-electron chi connectivity index (χ2n) is 5.71. The highest BCUT2D eigenvalue weighted by Crippen LogP contribution is 2.19. The Hall–Kier alpha value is -2.49. The molecule has 0 aromatic carbocycles. The quantitative estimate of drug-likeness (QED) is 0.858. The zero-order valence-electron chi connectivity index (χ0n) is 13.3. The Balaban J connectivity index is 1.74. The lowest BCUT2D eigenvalue weighted by atomic mass is 10.2. The van der Waals surface area contributed by atoms with Crippen LogP contribution in [-0.4, -0.2) is 58.9 Å². The number of aryl methyl sites for hydroxylation is 1. The van der Waals surface area contributed by atoms with Crippen molar-refractivity contribution in [3.63, 3.8) is 0 Å². The fourth-order valence-corrected chi connectivity index (χ4v) is 4.30. The van der Waals surface area contributed by atoms with E-state index < -0.39 is 9.84 Å². The van der Waals surface area contributed by atoms with Gasteiger partial charge in [-0.05, 0) is 13.3 Å². The zero-order valence-corrected chi connectivity index (χ0v) is 14.1. The summed E-state index contributed by atoms with van der Waals surface area (Å²) in [5, 5.41) is 6.71. The van der Waals surface area contributed by atoms with Gasteiger partial charge in [-0.3, -0.25) is 4.79 Å². The molecule has 3 heterocycles. The van der Waals surface area contributed by atoms with Crippen molar-refractivity contribution in [2.24, 2.45) is 0 Å². The van der Waals surface area contributed by atoms with E-state index in [1.807, 2.05) is 0 Å². The fourth-order valence-electron chi connectivity index (χ4n) is 2.53. The lowest BCUT2D eigenvalue weighted by Gasteiger charge is -2.22. The number of carbonyl (C=O) groups excluding carboxylic acids is 1. The number of nitrogens with zero attached hydrogens (tertiary/aromatic N) is 4. The maximum atomic E-state index is 12.5. The van der Waals surface area contributed by atoms with Crippen LogP contribution in [0.1, 0.15) is 22.7 Å². The number of amides is 1. The van der Waals surface area contributed by atoms with Crippen LogP contribution >= 0.6 is 0 Å². The molecule has 1 atom stereocenters. The molecule has 1 unspecified atom stereocenters. The van der Waals surface area contributed by atoms with Crippen molar-refractivity contribution < 1.29 is 17.7 Å². The Bertz CT molecular complexity index is 864. The molecule has 0 spiro atoms. The van der Waals surface area contributed by atoms with E-state index in [0.29, 0.717) is 23.8 Å². The lowest BCUT2D eigenvalue weighted by molar-refractivity contribution is 0.0741. The summed E-state index contributed by atoms with van der Waals surface area (Å²) < 4.78 is 28.1. The normalized spacial score (nSPS) is 19.2. The highest BCUT2D eigenvalue weighted by atomic mass is 32.2. The van der Waals surface area contributed by atoms with Crippen LogP contribution in [-0.2, 0) is 9.84 Å². The van der Waals surface area contributed by atoms with Gasteiger partial charge in [-0.25, -0.2) is 18.4 Å². The Morgan fingerprint density at radius 2 is 2.12 bits per heavy atom. The molecule has 128 valence electrons.